The highest BCUT2D eigenvalue weighted by molar-refractivity contribution is 5.93. The van der Waals surface area contributed by atoms with Gasteiger partial charge < -0.3 is 10.2 Å². The lowest BCUT2D eigenvalue weighted by Crippen LogP contribution is -3.08. The van der Waals surface area contributed by atoms with Crippen LogP contribution in [0.4, 0.5) is 5.69 Å². The number of aryl methyl sites for hydroxylation is 4. The van der Waals surface area contributed by atoms with Crippen LogP contribution < -0.4 is 10.2 Å². The van der Waals surface area contributed by atoms with E-state index in [1.807, 2.05) is 20.9 Å². The zero-order valence-corrected chi connectivity index (χ0v) is 14.8. The quantitative estimate of drug-likeness (QED) is 0.874. The molecule has 0 saturated carbocycles. The summed E-state index contributed by atoms with van der Waals surface area (Å²) >= 11 is 0. The smallest absolute Gasteiger partial charge is 0.279 e. The molecule has 3 heteroatoms. The molecular formula is C20H27N2O+. The van der Waals surface area contributed by atoms with Crippen LogP contribution in [0.25, 0.3) is 0 Å². The minimum absolute atomic E-state index is 0.0599. The summed E-state index contributed by atoms with van der Waals surface area (Å²) in [6.45, 7) is 9.54. The number of anilines is 1. The first-order valence-electron chi connectivity index (χ1n) is 8.09. The lowest BCUT2D eigenvalue weighted by atomic mass is 10.1. The first-order chi connectivity index (χ1) is 10.8. The fourth-order valence-electron chi connectivity index (χ4n) is 2.95. The summed E-state index contributed by atoms with van der Waals surface area (Å²) in [5, 5.41) is 3.07. The van der Waals surface area contributed by atoms with Crippen LogP contribution in [0.3, 0.4) is 0 Å². The molecule has 2 aromatic rings. The Bertz CT molecular complexity index is 666. The Balaban J connectivity index is 1.95. The van der Waals surface area contributed by atoms with Gasteiger partial charge in [-0.05, 0) is 38.8 Å². The van der Waals surface area contributed by atoms with E-state index < -0.39 is 0 Å². The molecule has 3 nitrogen and oxygen atoms in total. The molecule has 0 aliphatic rings. The van der Waals surface area contributed by atoms with Gasteiger partial charge in [-0.25, -0.2) is 0 Å². The Kier molecular flexibility index (Phi) is 5.56. The van der Waals surface area contributed by atoms with E-state index in [0.29, 0.717) is 6.54 Å². The highest BCUT2D eigenvalue weighted by Crippen LogP contribution is 2.21. The van der Waals surface area contributed by atoms with Crippen molar-refractivity contribution in [3.63, 3.8) is 0 Å². The number of hydrogen-bond acceptors (Lipinski definition) is 1. The van der Waals surface area contributed by atoms with Gasteiger partial charge in [0.2, 0.25) is 0 Å². The van der Waals surface area contributed by atoms with Crippen molar-refractivity contribution in [3.8, 4) is 0 Å². The highest BCUT2D eigenvalue weighted by atomic mass is 16.2. The van der Waals surface area contributed by atoms with Gasteiger partial charge in [-0.15, -0.1) is 0 Å². The second-order valence-electron chi connectivity index (χ2n) is 6.62. The molecule has 0 spiro atoms. The molecule has 2 aromatic carbocycles. The van der Waals surface area contributed by atoms with Gasteiger partial charge in [0.25, 0.3) is 5.91 Å². The molecule has 1 amide bonds. The molecule has 0 radical (unpaired) electrons. The molecule has 0 aliphatic carbocycles. The van der Waals surface area contributed by atoms with E-state index in [2.05, 4.69) is 55.6 Å². The fraction of sp³-hybridized carbons (Fsp3) is 0.350. The maximum absolute atomic E-state index is 12.3. The number of likely N-dealkylation sites (N-methyl/N-ethyl adjacent to an activating group) is 1. The van der Waals surface area contributed by atoms with Crippen molar-refractivity contribution in [1.29, 1.82) is 0 Å². The number of quaternary nitrogens is 1. The number of rotatable bonds is 5. The van der Waals surface area contributed by atoms with Crippen molar-refractivity contribution >= 4 is 11.6 Å². The van der Waals surface area contributed by atoms with Crippen LogP contribution in [0, 0.1) is 27.7 Å². The van der Waals surface area contributed by atoms with Crippen molar-refractivity contribution in [1.82, 2.24) is 0 Å². The van der Waals surface area contributed by atoms with Crippen molar-refractivity contribution in [2.45, 2.75) is 34.2 Å². The summed E-state index contributed by atoms with van der Waals surface area (Å²) in [5.41, 5.74) is 6.92. The molecule has 122 valence electrons. The number of nitrogens with one attached hydrogen (secondary N) is 2. The molecule has 2 N–H and O–H groups in total. The largest absolute Gasteiger partial charge is 0.326 e. The predicted octanol–water partition coefficient (Wildman–Crippen LogP) is 2.57. The van der Waals surface area contributed by atoms with Gasteiger partial charge in [0.1, 0.15) is 6.54 Å². The van der Waals surface area contributed by atoms with Gasteiger partial charge in [0, 0.05) is 11.3 Å². The molecule has 0 bridgehead atoms. The fourth-order valence-corrected chi connectivity index (χ4v) is 2.95. The topological polar surface area (TPSA) is 33.5 Å². The maximum atomic E-state index is 12.3. The number of carbonyl (C=O) groups is 1. The monoisotopic (exact) mass is 311 g/mol. The molecule has 0 aromatic heterocycles. The summed E-state index contributed by atoms with van der Waals surface area (Å²) in [6, 6.07) is 12.7. The predicted molar refractivity (Wildman–Crippen MR) is 95.9 cm³/mol. The van der Waals surface area contributed by atoms with Crippen molar-refractivity contribution < 1.29 is 9.69 Å². The standard InChI is InChI=1S/C20H26N2O/c1-14-6-8-18(9-7-14)12-22(5)13-19(23)21-20-16(3)10-15(2)11-17(20)4/h6-11H,12-13H2,1-5H3,(H,21,23)/p+1. The van der Waals surface area contributed by atoms with E-state index >= 15 is 0 Å². The number of hydrogen-bond donors (Lipinski definition) is 2. The average molecular weight is 311 g/mol. The van der Waals surface area contributed by atoms with Gasteiger partial charge in [-0.3, -0.25) is 4.79 Å². The van der Waals surface area contributed by atoms with Gasteiger partial charge in [-0.2, -0.15) is 0 Å². The first kappa shape index (κ1) is 17.2. The molecule has 0 heterocycles. The summed E-state index contributed by atoms with van der Waals surface area (Å²) in [5.74, 6) is 0.0599. The van der Waals surface area contributed by atoms with Gasteiger partial charge in [0.15, 0.2) is 6.54 Å². The third-order valence-electron chi connectivity index (χ3n) is 4.03. The molecule has 0 saturated heterocycles. The second-order valence-corrected chi connectivity index (χ2v) is 6.62. The van der Waals surface area contributed by atoms with Gasteiger partial charge in [-0.1, -0.05) is 47.5 Å². The van der Waals surface area contributed by atoms with Gasteiger partial charge in [0.05, 0.1) is 7.05 Å². The van der Waals surface area contributed by atoms with Crippen molar-refractivity contribution in [2.75, 3.05) is 18.9 Å². The van der Waals surface area contributed by atoms with Crippen LogP contribution in [-0.2, 0) is 11.3 Å². The summed E-state index contributed by atoms with van der Waals surface area (Å²) in [7, 11) is 2.05. The zero-order valence-electron chi connectivity index (χ0n) is 14.8. The van der Waals surface area contributed by atoms with Crippen LogP contribution in [0.1, 0.15) is 27.8 Å². The van der Waals surface area contributed by atoms with Crippen LogP contribution in [-0.4, -0.2) is 19.5 Å². The highest BCUT2D eigenvalue weighted by Gasteiger charge is 2.13. The summed E-state index contributed by atoms with van der Waals surface area (Å²) < 4.78 is 0. The van der Waals surface area contributed by atoms with E-state index in [0.717, 1.165) is 23.4 Å². The van der Waals surface area contributed by atoms with Gasteiger partial charge >= 0.3 is 0 Å². The Labute approximate surface area is 139 Å². The van der Waals surface area contributed by atoms with Crippen molar-refractivity contribution in [2.24, 2.45) is 0 Å². The minimum atomic E-state index is 0.0599. The van der Waals surface area contributed by atoms with E-state index in [4.69, 9.17) is 0 Å². The first-order valence-corrected chi connectivity index (χ1v) is 8.09. The van der Waals surface area contributed by atoms with E-state index in [1.165, 1.54) is 21.6 Å². The van der Waals surface area contributed by atoms with Crippen LogP contribution >= 0.6 is 0 Å². The normalized spacial score (nSPS) is 12.0. The lowest BCUT2D eigenvalue weighted by Gasteiger charge is -2.16. The number of benzene rings is 2. The third-order valence-corrected chi connectivity index (χ3v) is 4.03. The van der Waals surface area contributed by atoms with Crippen LogP contribution in [0.15, 0.2) is 36.4 Å². The SMILES string of the molecule is Cc1ccc(C[NH+](C)CC(=O)Nc2c(C)cc(C)cc2C)cc1. The van der Waals surface area contributed by atoms with Crippen LogP contribution in [0.2, 0.25) is 0 Å². The van der Waals surface area contributed by atoms with E-state index in [-0.39, 0.29) is 5.91 Å². The average Bonchev–Trinajstić information content (AvgIpc) is 2.45. The molecule has 2 rings (SSSR count). The van der Waals surface area contributed by atoms with E-state index in [9.17, 15) is 4.79 Å². The Morgan fingerprint density at radius 3 is 2.09 bits per heavy atom. The molecule has 0 aliphatic heterocycles. The molecule has 1 atom stereocenters. The van der Waals surface area contributed by atoms with Crippen molar-refractivity contribution in [3.05, 3.63) is 64.2 Å². The summed E-state index contributed by atoms with van der Waals surface area (Å²) in [6.07, 6.45) is 0. The van der Waals surface area contributed by atoms with Crippen LogP contribution in [0.5, 0.6) is 0 Å². The molecule has 0 fully saturated rings. The lowest BCUT2D eigenvalue weighted by molar-refractivity contribution is -0.885. The number of amides is 1. The molecule has 1 unspecified atom stereocenters. The Morgan fingerprint density at radius 1 is 0.957 bits per heavy atom. The zero-order chi connectivity index (χ0) is 17.0. The summed E-state index contributed by atoms with van der Waals surface area (Å²) in [4.78, 5) is 13.5. The maximum Gasteiger partial charge on any atom is 0.279 e. The number of carbonyl (C=O) groups excluding carboxylic acids is 1. The Hall–Kier alpha value is -2.13. The second kappa shape index (κ2) is 7.42. The molecular weight excluding hydrogens is 284 g/mol. The molecule has 23 heavy (non-hydrogen) atoms. The minimum Gasteiger partial charge on any atom is -0.326 e. The Morgan fingerprint density at radius 2 is 1.52 bits per heavy atom. The third kappa shape index (κ3) is 4.93. The van der Waals surface area contributed by atoms with E-state index in [1.54, 1.807) is 0 Å².